The average Bonchev–Trinajstić information content (AvgIpc) is 2.08. The van der Waals surface area contributed by atoms with Crippen LogP contribution in [0.25, 0.3) is 0 Å². The van der Waals surface area contributed by atoms with Gasteiger partial charge in [0.2, 0.25) is 0 Å². The van der Waals surface area contributed by atoms with Crippen LogP contribution in [0.1, 0.15) is 26.2 Å². The molecular formula is C9H16O5S. The summed E-state index contributed by atoms with van der Waals surface area (Å²) < 4.78 is 33.8. The van der Waals surface area contributed by atoms with E-state index in [1.165, 1.54) is 0 Å². The van der Waals surface area contributed by atoms with Gasteiger partial charge in [-0.25, -0.2) is 4.79 Å². The summed E-state index contributed by atoms with van der Waals surface area (Å²) in [5.41, 5.74) is 0.341. The molecule has 88 valence electrons. The number of unbranched alkanes of at least 4 members (excludes halogenated alkanes) is 2. The molecule has 0 radical (unpaired) electrons. The molecule has 0 aliphatic carbocycles. The molecule has 0 heterocycles. The second-order valence-electron chi connectivity index (χ2n) is 3.26. The van der Waals surface area contributed by atoms with Crippen LogP contribution in [0.2, 0.25) is 0 Å². The van der Waals surface area contributed by atoms with Crippen LogP contribution in [-0.4, -0.2) is 31.3 Å². The Balaban J connectivity index is 3.41. The average molecular weight is 236 g/mol. The van der Waals surface area contributed by atoms with Gasteiger partial charge in [0.05, 0.1) is 12.4 Å². The fourth-order valence-corrected chi connectivity index (χ4v) is 1.42. The Hall–Kier alpha value is -0.880. The van der Waals surface area contributed by atoms with Crippen LogP contribution < -0.4 is 0 Å². The maximum Gasteiger partial charge on any atom is 0.333 e. The first-order chi connectivity index (χ1) is 6.83. The fourth-order valence-electron chi connectivity index (χ4n) is 0.851. The van der Waals surface area contributed by atoms with Crippen molar-refractivity contribution in [2.75, 3.05) is 12.4 Å². The summed E-state index contributed by atoms with van der Waals surface area (Å²) in [6.45, 7) is 5.22. The van der Waals surface area contributed by atoms with Crippen LogP contribution in [0.15, 0.2) is 12.2 Å². The van der Waals surface area contributed by atoms with E-state index in [1.54, 1.807) is 6.92 Å². The minimum absolute atomic E-state index is 0.247. The number of hydrogen-bond acceptors (Lipinski definition) is 4. The summed E-state index contributed by atoms with van der Waals surface area (Å²) in [5.74, 6) is -0.689. The maximum absolute atomic E-state index is 10.9. The third-order valence-electron chi connectivity index (χ3n) is 1.63. The van der Waals surface area contributed by atoms with Gasteiger partial charge in [-0.1, -0.05) is 6.58 Å². The monoisotopic (exact) mass is 236 g/mol. The largest absolute Gasteiger partial charge is 0.462 e. The van der Waals surface area contributed by atoms with E-state index < -0.39 is 16.1 Å². The molecular weight excluding hydrogens is 220 g/mol. The topological polar surface area (TPSA) is 80.7 Å². The van der Waals surface area contributed by atoms with Gasteiger partial charge in [0, 0.05) is 5.57 Å². The summed E-state index contributed by atoms with van der Waals surface area (Å²) in [6, 6.07) is 0. The van der Waals surface area contributed by atoms with E-state index in [2.05, 4.69) is 6.58 Å². The molecule has 5 nitrogen and oxygen atoms in total. The smallest absolute Gasteiger partial charge is 0.333 e. The van der Waals surface area contributed by atoms with Crippen molar-refractivity contribution in [2.45, 2.75) is 26.2 Å². The van der Waals surface area contributed by atoms with Gasteiger partial charge in [0.15, 0.2) is 0 Å². The second-order valence-corrected chi connectivity index (χ2v) is 4.84. The molecule has 15 heavy (non-hydrogen) atoms. The fraction of sp³-hybridized carbons (Fsp3) is 0.667. The van der Waals surface area contributed by atoms with Gasteiger partial charge in [-0.3, -0.25) is 4.55 Å². The van der Waals surface area contributed by atoms with Crippen molar-refractivity contribution in [3.05, 3.63) is 12.2 Å². The predicted molar refractivity (Wildman–Crippen MR) is 56.0 cm³/mol. The molecule has 0 aromatic rings. The molecule has 0 aromatic heterocycles. The van der Waals surface area contributed by atoms with E-state index in [1.807, 2.05) is 0 Å². The summed E-state index contributed by atoms with van der Waals surface area (Å²) >= 11 is 0. The van der Waals surface area contributed by atoms with Crippen molar-refractivity contribution in [3.8, 4) is 0 Å². The standard InChI is InChI=1S/C9H16O5S/c1-8(2)9(10)14-6-4-3-5-7-15(11,12)13/h1,3-7H2,2H3,(H,11,12,13). The number of rotatable bonds is 7. The van der Waals surface area contributed by atoms with Gasteiger partial charge in [0.1, 0.15) is 0 Å². The number of esters is 1. The Labute approximate surface area is 89.9 Å². The lowest BCUT2D eigenvalue weighted by Crippen LogP contribution is -2.07. The molecule has 0 aliphatic heterocycles. The highest BCUT2D eigenvalue weighted by atomic mass is 32.2. The van der Waals surface area contributed by atoms with Crippen LogP contribution >= 0.6 is 0 Å². The molecule has 6 heteroatoms. The third kappa shape index (κ3) is 9.42. The minimum Gasteiger partial charge on any atom is -0.462 e. The molecule has 0 saturated carbocycles. The van der Waals surface area contributed by atoms with Gasteiger partial charge in [-0.05, 0) is 26.2 Å². The first-order valence-corrected chi connectivity index (χ1v) is 6.21. The molecule has 1 N–H and O–H groups in total. The van der Waals surface area contributed by atoms with Gasteiger partial charge in [-0.2, -0.15) is 8.42 Å². The molecule has 0 unspecified atom stereocenters. The highest BCUT2D eigenvalue weighted by Gasteiger charge is 2.04. The van der Waals surface area contributed by atoms with E-state index in [0.717, 1.165) is 0 Å². The molecule has 0 amide bonds. The highest BCUT2D eigenvalue weighted by Crippen LogP contribution is 2.00. The zero-order valence-electron chi connectivity index (χ0n) is 8.73. The van der Waals surface area contributed by atoms with E-state index in [9.17, 15) is 13.2 Å². The second kappa shape index (κ2) is 6.58. The lowest BCUT2D eigenvalue weighted by molar-refractivity contribution is -0.139. The van der Waals surface area contributed by atoms with Crippen LogP contribution in [0.5, 0.6) is 0 Å². The summed E-state index contributed by atoms with van der Waals surface area (Å²) in [4.78, 5) is 10.9. The third-order valence-corrected chi connectivity index (χ3v) is 2.43. The van der Waals surface area contributed by atoms with Crippen molar-refractivity contribution in [2.24, 2.45) is 0 Å². The van der Waals surface area contributed by atoms with E-state index in [0.29, 0.717) is 24.8 Å². The molecule has 0 saturated heterocycles. The van der Waals surface area contributed by atoms with E-state index in [-0.39, 0.29) is 12.4 Å². The van der Waals surface area contributed by atoms with Gasteiger partial charge in [-0.15, -0.1) is 0 Å². The van der Waals surface area contributed by atoms with Crippen LogP contribution in [0.3, 0.4) is 0 Å². The van der Waals surface area contributed by atoms with Crippen molar-refractivity contribution in [1.29, 1.82) is 0 Å². The molecule has 0 aromatic carbocycles. The predicted octanol–water partition coefficient (Wildman–Crippen LogP) is 1.16. The maximum atomic E-state index is 10.9. The SMILES string of the molecule is C=C(C)C(=O)OCCCCCS(=O)(=O)O. The van der Waals surface area contributed by atoms with E-state index >= 15 is 0 Å². The van der Waals surface area contributed by atoms with Crippen LogP contribution in [0.4, 0.5) is 0 Å². The lowest BCUT2D eigenvalue weighted by Gasteiger charge is -2.03. The molecule has 0 fully saturated rings. The normalized spacial score (nSPS) is 11.1. The summed E-state index contributed by atoms with van der Waals surface area (Å²) in [6.07, 6.45) is 1.53. The molecule has 0 rings (SSSR count). The Kier molecular flexibility index (Phi) is 6.19. The first kappa shape index (κ1) is 14.1. The van der Waals surface area contributed by atoms with Crippen molar-refractivity contribution in [1.82, 2.24) is 0 Å². The zero-order chi connectivity index (χ0) is 11.9. The van der Waals surface area contributed by atoms with Crippen molar-refractivity contribution < 1.29 is 22.5 Å². The van der Waals surface area contributed by atoms with Crippen LogP contribution in [-0.2, 0) is 19.6 Å². The minimum atomic E-state index is -3.86. The number of hydrogen-bond donors (Lipinski definition) is 1. The Morgan fingerprint density at radius 1 is 1.33 bits per heavy atom. The summed E-state index contributed by atoms with van der Waals surface area (Å²) in [5, 5.41) is 0. The number of carbonyl (C=O) groups excluding carboxylic acids is 1. The molecule has 0 spiro atoms. The Morgan fingerprint density at radius 3 is 2.40 bits per heavy atom. The quantitative estimate of drug-likeness (QED) is 0.310. The number of ether oxygens (including phenoxy) is 1. The van der Waals surface area contributed by atoms with Crippen molar-refractivity contribution in [3.63, 3.8) is 0 Å². The summed E-state index contributed by atoms with van der Waals surface area (Å²) in [7, 11) is -3.86. The van der Waals surface area contributed by atoms with Gasteiger partial charge < -0.3 is 4.74 Å². The Morgan fingerprint density at radius 2 is 1.93 bits per heavy atom. The van der Waals surface area contributed by atoms with Crippen molar-refractivity contribution >= 4 is 16.1 Å². The van der Waals surface area contributed by atoms with Gasteiger partial charge in [0.25, 0.3) is 10.1 Å². The lowest BCUT2D eigenvalue weighted by atomic mass is 10.3. The highest BCUT2D eigenvalue weighted by molar-refractivity contribution is 7.85. The molecule has 0 aliphatic rings. The van der Waals surface area contributed by atoms with Gasteiger partial charge >= 0.3 is 5.97 Å². The van der Waals surface area contributed by atoms with E-state index in [4.69, 9.17) is 9.29 Å². The molecule has 0 atom stereocenters. The van der Waals surface area contributed by atoms with Crippen LogP contribution in [0, 0.1) is 0 Å². The first-order valence-electron chi connectivity index (χ1n) is 4.61. The molecule has 0 bridgehead atoms. The number of carbonyl (C=O) groups is 1. The zero-order valence-corrected chi connectivity index (χ0v) is 9.55. The Bertz CT molecular complexity index is 317.